The molecule has 0 bridgehead atoms. The van der Waals surface area contributed by atoms with Crippen molar-refractivity contribution in [1.82, 2.24) is 4.90 Å². The number of hydrogen-bond acceptors (Lipinski definition) is 3. The number of benzene rings is 1. The van der Waals surface area contributed by atoms with Gasteiger partial charge in [-0.3, -0.25) is 4.79 Å². The van der Waals surface area contributed by atoms with Gasteiger partial charge in [-0.15, -0.1) is 0 Å². The first kappa shape index (κ1) is 14.2. The molecule has 4 nitrogen and oxygen atoms in total. The number of carbonyl (C=O) groups is 1. The van der Waals surface area contributed by atoms with Crippen LogP contribution in [-0.2, 0) is 4.79 Å². The molecule has 1 aliphatic heterocycles. The van der Waals surface area contributed by atoms with Gasteiger partial charge in [0.15, 0.2) is 6.10 Å². The summed E-state index contributed by atoms with van der Waals surface area (Å²) in [5.41, 5.74) is 0. The van der Waals surface area contributed by atoms with Crippen LogP contribution in [0.1, 0.15) is 13.8 Å². The van der Waals surface area contributed by atoms with Crippen LogP contribution in [0.15, 0.2) is 24.3 Å². The zero-order valence-corrected chi connectivity index (χ0v) is 11.8. The van der Waals surface area contributed by atoms with Crippen LogP contribution in [0.4, 0.5) is 0 Å². The molecule has 1 aromatic carbocycles. The minimum atomic E-state index is -0.550. The molecule has 0 radical (unpaired) electrons. The number of aliphatic hydroxyl groups is 1. The van der Waals surface area contributed by atoms with Crippen LogP contribution in [0.3, 0.4) is 0 Å². The van der Waals surface area contributed by atoms with Crippen LogP contribution < -0.4 is 4.74 Å². The molecule has 1 unspecified atom stereocenters. The van der Waals surface area contributed by atoms with Crippen LogP contribution in [0, 0.1) is 5.92 Å². The van der Waals surface area contributed by atoms with Gasteiger partial charge in [0.1, 0.15) is 5.75 Å². The van der Waals surface area contributed by atoms with E-state index in [1.807, 2.05) is 13.8 Å². The molecule has 0 saturated carbocycles. The highest BCUT2D eigenvalue weighted by Gasteiger charge is 2.35. The summed E-state index contributed by atoms with van der Waals surface area (Å²) in [6, 6.07) is 7.01. The van der Waals surface area contributed by atoms with Gasteiger partial charge in [-0.05, 0) is 24.1 Å². The van der Waals surface area contributed by atoms with Gasteiger partial charge >= 0.3 is 0 Å². The molecular formula is C14H18ClNO3. The van der Waals surface area contributed by atoms with Crippen molar-refractivity contribution in [2.24, 2.45) is 5.92 Å². The van der Waals surface area contributed by atoms with Gasteiger partial charge in [0.25, 0.3) is 5.91 Å². The molecule has 1 saturated heterocycles. The van der Waals surface area contributed by atoms with Gasteiger partial charge < -0.3 is 14.7 Å². The highest BCUT2D eigenvalue weighted by atomic mass is 35.5. The molecule has 19 heavy (non-hydrogen) atoms. The third kappa shape index (κ3) is 3.39. The number of hydrogen-bond donors (Lipinski definition) is 1. The van der Waals surface area contributed by atoms with Crippen molar-refractivity contribution in [2.45, 2.75) is 26.1 Å². The van der Waals surface area contributed by atoms with E-state index < -0.39 is 12.2 Å². The predicted octanol–water partition coefficient (Wildman–Crippen LogP) is 1.95. The van der Waals surface area contributed by atoms with Gasteiger partial charge in [0, 0.05) is 18.1 Å². The van der Waals surface area contributed by atoms with E-state index in [-0.39, 0.29) is 11.8 Å². The van der Waals surface area contributed by atoms with Crippen molar-refractivity contribution in [1.29, 1.82) is 0 Å². The molecule has 0 aliphatic carbocycles. The SMILES string of the molecule is CC(C)C(Oc1cccc(Cl)c1)C(=O)N1CC(O)C1. The lowest BCUT2D eigenvalue weighted by Gasteiger charge is -2.38. The summed E-state index contributed by atoms with van der Waals surface area (Å²) in [6.45, 7) is 4.65. The van der Waals surface area contributed by atoms with E-state index >= 15 is 0 Å². The Hall–Kier alpha value is -1.26. The summed E-state index contributed by atoms with van der Waals surface area (Å²) in [5, 5.41) is 9.84. The van der Waals surface area contributed by atoms with Crippen LogP contribution in [0.25, 0.3) is 0 Å². The Labute approximate surface area is 117 Å². The van der Waals surface area contributed by atoms with Crippen molar-refractivity contribution < 1.29 is 14.6 Å². The van der Waals surface area contributed by atoms with Gasteiger partial charge in [-0.1, -0.05) is 31.5 Å². The Morgan fingerprint density at radius 1 is 1.47 bits per heavy atom. The molecule has 5 heteroatoms. The van der Waals surface area contributed by atoms with Crippen molar-refractivity contribution in [2.75, 3.05) is 13.1 Å². The lowest BCUT2D eigenvalue weighted by Crippen LogP contribution is -2.58. The average Bonchev–Trinajstić information content (AvgIpc) is 2.31. The summed E-state index contributed by atoms with van der Waals surface area (Å²) in [7, 11) is 0. The van der Waals surface area contributed by atoms with E-state index in [1.54, 1.807) is 29.2 Å². The monoisotopic (exact) mass is 283 g/mol. The standard InChI is InChI=1S/C14H18ClNO3/c1-9(2)13(14(18)16-7-11(17)8-16)19-12-5-3-4-10(15)6-12/h3-6,9,11,13,17H,7-8H2,1-2H3. The first-order chi connectivity index (χ1) is 8.97. The maximum atomic E-state index is 12.3. The Morgan fingerprint density at radius 3 is 2.68 bits per heavy atom. The largest absolute Gasteiger partial charge is 0.480 e. The Kier molecular flexibility index (Phi) is 4.32. The number of ether oxygens (including phenoxy) is 1. The smallest absolute Gasteiger partial charge is 0.264 e. The molecule has 2 rings (SSSR count). The van der Waals surface area contributed by atoms with E-state index in [9.17, 15) is 9.90 Å². The highest BCUT2D eigenvalue weighted by molar-refractivity contribution is 6.30. The van der Waals surface area contributed by atoms with Gasteiger partial charge in [0.2, 0.25) is 0 Å². The van der Waals surface area contributed by atoms with Crippen LogP contribution in [0.5, 0.6) is 5.75 Å². The fraction of sp³-hybridized carbons (Fsp3) is 0.500. The van der Waals surface area contributed by atoms with Crippen LogP contribution in [0.2, 0.25) is 5.02 Å². The van der Waals surface area contributed by atoms with Gasteiger partial charge in [-0.2, -0.15) is 0 Å². The normalized spacial score (nSPS) is 17.2. The lowest BCUT2D eigenvalue weighted by atomic mass is 10.0. The molecule has 0 aromatic heterocycles. The second-order valence-electron chi connectivity index (χ2n) is 5.14. The molecule has 1 fully saturated rings. The number of likely N-dealkylation sites (tertiary alicyclic amines) is 1. The molecule has 1 atom stereocenters. The third-order valence-electron chi connectivity index (χ3n) is 3.08. The molecule has 1 heterocycles. The Bertz CT molecular complexity index is 458. The number of carbonyl (C=O) groups excluding carboxylic acids is 1. The number of nitrogens with zero attached hydrogens (tertiary/aromatic N) is 1. The van der Waals surface area contributed by atoms with Crippen molar-refractivity contribution in [3.05, 3.63) is 29.3 Å². The molecule has 1 amide bonds. The van der Waals surface area contributed by atoms with Crippen molar-refractivity contribution >= 4 is 17.5 Å². The van der Waals surface area contributed by atoms with E-state index in [2.05, 4.69) is 0 Å². The number of amides is 1. The summed E-state index contributed by atoms with van der Waals surface area (Å²) < 4.78 is 5.75. The average molecular weight is 284 g/mol. The first-order valence-electron chi connectivity index (χ1n) is 6.36. The second kappa shape index (κ2) is 5.80. The minimum Gasteiger partial charge on any atom is -0.480 e. The van der Waals surface area contributed by atoms with Crippen LogP contribution >= 0.6 is 11.6 Å². The lowest BCUT2D eigenvalue weighted by molar-refractivity contribution is -0.150. The maximum Gasteiger partial charge on any atom is 0.264 e. The first-order valence-corrected chi connectivity index (χ1v) is 6.74. The van der Waals surface area contributed by atoms with Gasteiger partial charge in [-0.25, -0.2) is 0 Å². The maximum absolute atomic E-state index is 12.3. The molecular weight excluding hydrogens is 266 g/mol. The topological polar surface area (TPSA) is 49.8 Å². The summed E-state index contributed by atoms with van der Waals surface area (Å²) in [4.78, 5) is 13.9. The summed E-state index contributed by atoms with van der Waals surface area (Å²) >= 11 is 5.90. The zero-order valence-electron chi connectivity index (χ0n) is 11.0. The fourth-order valence-electron chi connectivity index (χ4n) is 1.97. The third-order valence-corrected chi connectivity index (χ3v) is 3.32. The number of aliphatic hydroxyl groups excluding tert-OH is 1. The minimum absolute atomic E-state index is 0.0456. The summed E-state index contributed by atoms with van der Waals surface area (Å²) in [6.07, 6.45) is -0.950. The van der Waals surface area contributed by atoms with Gasteiger partial charge in [0.05, 0.1) is 6.10 Å². The zero-order chi connectivity index (χ0) is 14.0. The fourth-order valence-corrected chi connectivity index (χ4v) is 2.15. The van der Waals surface area contributed by atoms with Crippen molar-refractivity contribution in [3.63, 3.8) is 0 Å². The summed E-state index contributed by atoms with van der Waals surface area (Å²) in [5.74, 6) is 0.546. The van der Waals surface area contributed by atoms with Crippen LogP contribution in [-0.4, -0.2) is 41.2 Å². The predicted molar refractivity (Wildman–Crippen MR) is 73.3 cm³/mol. The van der Waals surface area contributed by atoms with E-state index in [0.717, 1.165) is 0 Å². The molecule has 1 N–H and O–H groups in total. The van der Waals surface area contributed by atoms with Crippen molar-refractivity contribution in [3.8, 4) is 5.75 Å². The molecule has 0 spiro atoms. The van der Waals surface area contributed by atoms with E-state index in [4.69, 9.17) is 16.3 Å². The Morgan fingerprint density at radius 2 is 2.16 bits per heavy atom. The highest BCUT2D eigenvalue weighted by Crippen LogP contribution is 2.22. The molecule has 1 aliphatic rings. The quantitative estimate of drug-likeness (QED) is 0.919. The molecule has 1 aromatic rings. The van der Waals surface area contributed by atoms with E-state index in [1.165, 1.54) is 0 Å². The second-order valence-corrected chi connectivity index (χ2v) is 5.57. The number of β-amino-alcohol motifs (C(OH)–C–C–N with tert-alkyl or cyclic N) is 1. The molecule has 104 valence electrons. The van der Waals surface area contributed by atoms with E-state index in [0.29, 0.717) is 23.9 Å². The Balaban J connectivity index is 2.06. The number of rotatable bonds is 4. The number of halogens is 1.